The molecule has 27 heavy (non-hydrogen) atoms. The molecule has 0 amide bonds. The highest BCUT2D eigenvalue weighted by Crippen LogP contribution is 2.26. The monoisotopic (exact) mass is 396 g/mol. The Hall–Kier alpha value is -1.64. The predicted octanol–water partition coefficient (Wildman–Crippen LogP) is 2.48. The van der Waals surface area contributed by atoms with Gasteiger partial charge in [-0.2, -0.15) is 9.79 Å². The van der Waals surface area contributed by atoms with Crippen LogP contribution in [-0.4, -0.2) is 44.9 Å². The number of sulfonamides is 1. The summed E-state index contributed by atoms with van der Waals surface area (Å²) in [5.74, 6) is -0.207. The third-order valence-corrected chi connectivity index (χ3v) is 7.23. The van der Waals surface area contributed by atoms with E-state index in [1.165, 1.54) is 30.0 Å². The van der Waals surface area contributed by atoms with Crippen LogP contribution >= 0.6 is 0 Å². The molecular weight excluding hydrogens is 368 g/mol. The first kappa shape index (κ1) is 20.1. The molecule has 1 aromatic rings. The van der Waals surface area contributed by atoms with Crippen LogP contribution in [0.15, 0.2) is 29.2 Å². The third kappa shape index (κ3) is 5.00. The summed E-state index contributed by atoms with van der Waals surface area (Å²) in [7, 11) is -2.11. The number of piperidine rings is 1. The van der Waals surface area contributed by atoms with Gasteiger partial charge in [-0.3, -0.25) is 4.79 Å². The highest BCUT2D eigenvalue weighted by atomic mass is 32.2. The molecular formula is C19H28N2O5S. The number of methoxy groups -OCH3 is 1. The Kier molecular flexibility index (Phi) is 6.73. The minimum Gasteiger partial charge on any atom is -0.497 e. The fraction of sp³-hybridized carbons (Fsp3) is 0.632. The van der Waals surface area contributed by atoms with Crippen molar-refractivity contribution in [3.63, 3.8) is 0 Å². The van der Waals surface area contributed by atoms with E-state index in [-0.39, 0.29) is 23.5 Å². The molecule has 0 radical (unpaired) electrons. The lowest BCUT2D eigenvalue weighted by Crippen LogP contribution is -2.44. The van der Waals surface area contributed by atoms with E-state index in [1.807, 2.05) is 0 Å². The minimum atomic E-state index is -3.64. The van der Waals surface area contributed by atoms with Crippen molar-refractivity contribution in [1.82, 2.24) is 9.79 Å². The molecule has 0 bridgehead atoms. The number of hydrogen-bond acceptors (Lipinski definition) is 6. The lowest BCUT2D eigenvalue weighted by Gasteiger charge is -2.31. The van der Waals surface area contributed by atoms with Gasteiger partial charge in [0, 0.05) is 19.1 Å². The maximum Gasteiger partial charge on any atom is 0.329 e. The van der Waals surface area contributed by atoms with E-state index < -0.39 is 15.9 Å². The second kappa shape index (κ2) is 9.03. The fourth-order valence-electron chi connectivity index (χ4n) is 3.70. The zero-order valence-corrected chi connectivity index (χ0v) is 16.5. The van der Waals surface area contributed by atoms with Crippen molar-refractivity contribution in [3.8, 4) is 5.75 Å². The number of rotatable bonds is 6. The molecule has 1 saturated heterocycles. The van der Waals surface area contributed by atoms with Gasteiger partial charge >= 0.3 is 5.97 Å². The molecule has 2 fully saturated rings. The Bertz CT molecular complexity index is 729. The Morgan fingerprint density at radius 1 is 1.07 bits per heavy atom. The van der Waals surface area contributed by atoms with Crippen LogP contribution in [-0.2, 0) is 19.7 Å². The van der Waals surface area contributed by atoms with Crippen molar-refractivity contribution in [2.45, 2.75) is 55.9 Å². The molecule has 3 rings (SSSR count). The second-order valence-electron chi connectivity index (χ2n) is 7.25. The van der Waals surface area contributed by atoms with Gasteiger partial charge in [-0.1, -0.05) is 19.3 Å². The molecule has 1 heterocycles. The summed E-state index contributed by atoms with van der Waals surface area (Å²) in [6.45, 7) is 0.563. The van der Waals surface area contributed by atoms with Crippen LogP contribution in [0.1, 0.15) is 44.9 Å². The first-order valence-electron chi connectivity index (χ1n) is 9.61. The summed E-state index contributed by atoms with van der Waals surface area (Å²) in [6.07, 6.45) is 6.82. The first-order chi connectivity index (χ1) is 13.0. The van der Waals surface area contributed by atoms with E-state index in [0.717, 1.165) is 25.7 Å². The van der Waals surface area contributed by atoms with Crippen LogP contribution in [0.2, 0.25) is 0 Å². The molecule has 7 nitrogen and oxygen atoms in total. The van der Waals surface area contributed by atoms with Crippen LogP contribution in [0.25, 0.3) is 0 Å². The number of hydroxylamine groups is 1. The number of carbonyl (C=O) groups is 1. The smallest absolute Gasteiger partial charge is 0.329 e. The molecule has 0 spiro atoms. The van der Waals surface area contributed by atoms with Gasteiger partial charge in [-0.15, -0.1) is 0 Å². The minimum absolute atomic E-state index is 0.152. The third-order valence-electron chi connectivity index (χ3n) is 5.35. The van der Waals surface area contributed by atoms with Crippen molar-refractivity contribution in [2.24, 2.45) is 5.92 Å². The molecule has 1 atom stereocenters. The van der Waals surface area contributed by atoms with Crippen LogP contribution in [0.4, 0.5) is 0 Å². The summed E-state index contributed by atoms with van der Waals surface area (Å²) >= 11 is 0. The number of nitrogens with zero attached hydrogens (tertiary/aromatic N) is 1. The second-order valence-corrected chi connectivity index (χ2v) is 9.19. The van der Waals surface area contributed by atoms with E-state index in [9.17, 15) is 13.2 Å². The molecule has 1 aliphatic carbocycles. The van der Waals surface area contributed by atoms with E-state index in [0.29, 0.717) is 25.1 Å². The Morgan fingerprint density at radius 3 is 2.44 bits per heavy atom. The number of ether oxygens (including phenoxy) is 1. The van der Waals surface area contributed by atoms with Crippen molar-refractivity contribution in [1.29, 1.82) is 0 Å². The number of nitrogens with one attached hydrogen (secondary N) is 1. The fourth-order valence-corrected chi connectivity index (χ4v) is 5.22. The highest BCUT2D eigenvalue weighted by molar-refractivity contribution is 7.89. The average Bonchev–Trinajstić information content (AvgIpc) is 2.73. The summed E-state index contributed by atoms with van der Waals surface area (Å²) in [5, 5.41) is 0. The maximum absolute atomic E-state index is 12.9. The van der Waals surface area contributed by atoms with E-state index in [1.54, 1.807) is 12.1 Å². The Balaban J connectivity index is 1.59. The van der Waals surface area contributed by atoms with Crippen molar-refractivity contribution < 1.29 is 22.8 Å². The van der Waals surface area contributed by atoms with Crippen molar-refractivity contribution in [3.05, 3.63) is 24.3 Å². The summed E-state index contributed by atoms with van der Waals surface area (Å²) in [6, 6.07) is 6.51. The lowest BCUT2D eigenvalue weighted by atomic mass is 9.96. The van der Waals surface area contributed by atoms with Crippen molar-refractivity contribution in [2.75, 3.05) is 20.2 Å². The standard InChI is InChI=1S/C19H28N2O5S/c1-25-17-9-11-18(12-10-17)27(23,24)21-13-5-6-15(14-21)19(22)26-20-16-7-3-2-4-8-16/h9-12,15-16,20H,2-8,13-14H2,1H3. The van der Waals surface area contributed by atoms with Gasteiger partial charge in [0.15, 0.2) is 0 Å². The summed E-state index contributed by atoms with van der Waals surface area (Å²) < 4.78 is 32.2. The predicted molar refractivity (Wildman–Crippen MR) is 101 cm³/mol. The molecule has 1 aliphatic heterocycles. The first-order valence-corrected chi connectivity index (χ1v) is 11.0. The van der Waals surface area contributed by atoms with Gasteiger partial charge in [0.05, 0.1) is 17.9 Å². The van der Waals surface area contributed by atoms with Crippen LogP contribution in [0.5, 0.6) is 5.75 Å². The largest absolute Gasteiger partial charge is 0.497 e. The number of benzene rings is 1. The SMILES string of the molecule is COc1ccc(S(=O)(=O)N2CCCC(C(=O)ONC3CCCCC3)C2)cc1. The van der Waals surface area contributed by atoms with E-state index in [4.69, 9.17) is 9.57 Å². The molecule has 2 aliphatic rings. The molecule has 1 unspecified atom stereocenters. The number of carbonyl (C=O) groups excluding carboxylic acids is 1. The van der Waals surface area contributed by atoms with Crippen LogP contribution in [0, 0.1) is 5.92 Å². The van der Waals surface area contributed by atoms with Crippen LogP contribution in [0.3, 0.4) is 0 Å². The Labute approximate surface area is 161 Å². The van der Waals surface area contributed by atoms with Gasteiger partial charge in [-0.25, -0.2) is 8.42 Å². The zero-order valence-electron chi connectivity index (χ0n) is 15.7. The lowest BCUT2D eigenvalue weighted by molar-refractivity contribution is -0.160. The molecule has 1 aromatic carbocycles. The zero-order chi connectivity index (χ0) is 19.3. The average molecular weight is 397 g/mol. The van der Waals surface area contributed by atoms with Crippen LogP contribution < -0.4 is 10.2 Å². The van der Waals surface area contributed by atoms with Gasteiger partial charge in [-0.05, 0) is 49.9 Å². The molecule has 8 heteroatoms. The van der Waals surface area contributed by atoms with Gasteiger partial charge in [0.1, 0.15) is 5.75 Å². The normalized spacial score (nSPS) is 22.3. The number of hydrogen-bond donors (Lipinski definition) is 1. The van der Waals surface area contributed by atoms with E-state index >= 15 is 0 Å². The van der Waals surface area contributed by atoms with Gasteiger partial charge in [0.2, 0.25) is 10.0 Å². The summed E-state index contributed by atoms with van der Waals surface area (Å²) in [4.78, 5) is 17.9. The maximum atomic E-state index is 12.9. The summed E-state index contributed by atoms with van der Waals surface area (Å²) in [5.41, 5.74) is 2.89. The van der Waals surface area contributed by atoms with E-state index in [2.05, 4.69) is 5.48 Å². The molecule has 1 saturated carbocycles. The highest BCUT2D eigenvalue weighted by Gasteiger charge is 2.34. The molecule has 1 N–H and O–H groups in total. The Morgan fingerprint density at radius 2 is 1.78 bits per heavy atom. The quantitative estimate of drug-likeness (QED) is 0.744. The topological polar surface area (TPSA) is 84.9 Å². The van der Waals surface area contributed by atoms with Crippen molar-refractivity contribution >= 4 is 16.0 Å². The molecule has 0 aromatic heterocycles. The molecule has 150 valence electrons. The van der Waals surface area contributed by atoms with Gasteiger partial charge in [0.25, 0.3) is 0 Å². The van der Waals surface area contributed by atoms with Gasteiger partial charge < -0.3 is 9.57 Å².